The number of hydrogen-bond donors (Lipinski definition) is 1. The minimum Gasteiger partial charge on any atom is -0.321 e. The molecule has 0 unspecified atom stereocenters. The van der Waals surface area contributed by atoms with E-state index < -0.39 is 15.9 Å². The summed E-state index contributed by atoms with van der Waals surface area (Å²) in [5.74, 6) is -0.423. The molecule has 1 N–H and O–H groups in total. The molecule has 0 saturated heterocycles. The van der Waals surface area contributed by atoms with Gasteiger partial charge in [-0.3, -0.25) is 14.1 Å². The van der Waals surface area contributed by atoms with E-state index in [2.05, 4.69) is 10.3 Å². The van der Waals surface area contributed by atoms with Crippen LogP contribution in [-0.2, 0) is 10.0 Å². The van der Waals surface area contributed by atoms with Gasteiger partial charge in [0.2, 0.25) is 0 Å². The Bertz CT molecular complexity index is 1110. The number of nitrogens with zero attached hydrogens (tertiary/aromatic N) is 2. The predicted octanol–water partition coefficient (Wildman–Crippen LogP) is 4.47. The molecule has 0 radical (unpaired) electrons. The third kappa shape index (κ3) is 4.27. The molecule has 0 saturated carbocycles. The van der Waals surface area contributed by atoms with E-state index in [1.807, 2.05) is 0 Å². The van der Waals surface area contributed by atoms with E-state index in [1.54, 1.807) is 18.3 Å². The normalized spacial score (nSPS) is 11.1. The predicted molar refractivity (Wildman–Crippen MR) is 111 cm³/mol. The standard InChI is InChI=1S/C19H15Cl2N3O3S/c1-24(28(26,27)16-7-4-13(20)5-8-16)15-6-9-17(18(21)11-15)19(25)23-14-3-2-10-22-12-14/h2-12H,1H3,(H,23,25). The van der Waals surface area contributed by atoms with Gasteiger partial charge in [-0.1, -0.05) is 23.2 Å². The smallest absolute Gasteiger partial charge is 0.264 e. The van der Waals surface area contributed by atoms with Crippen LogP contribution in [0.3, 0.4) is 0 Å². The first-order chi connectivity index (χ1) is 13.3. The number of rotatable bonds is 5. The molecule has 0 fully saturated rings. The lowest BCUT2D eigenvalue weighted by Gasteiger charge is -2.20. The van der Waals surface area contributed by atoms with E-state index in [1.165, 1.54) is 55.7 Å². The summed E-state index contributed by atoms with van der Waals surface area (Å²) in [6, 6.07) is 13.6. The van der Waals surface area contributed by atoms with Crippen molar-refractivity contribution < 1.29 is 13.2 Å². The van der Waals surface area contributed by atoms with Crippen LogP contribution in [0.2, 0.25) is 10.0 Å². The van der Waals surface area contributed by atoms with Crippen LogP contribution in [0.1, 0.15) is 10.4 Å². The van der Waals surface area contributed by atoms with Gasteiger partial charge < -0.3 is 5.32 Å². The maximum absolute atomic E-state index is 12.8. The van der Waals surface area contributed by atoms with Crippen LogP contribution in [0.15, 0.2) is 71.9 Å². The molecule has 0 aliphatic heterocycles. The van der Waals surface area contributed by atoms with Gasteiger partial charge in [-0.15, -0.1) is 0 Å². The van der Waals surface area contributed by atoms with Crippen LogP contribution in [-0.4, -0.2) is 26.4 Å². The van der Waals surface area contributed by atoms with Gasteiger partial charge in [-0.05, 0) is 54.6 Å². The second kappa shape index (κ2) is 8.18. The molecule has 0 spiro atoms. The number of nitrogens with one attached hydrogen (secondary N) is 1. The molecule has 1 amide bonds. The highest BCUT2D eigenvalue weighted by molar-refractivity contribution is 7.92. The Balaban J connectivity index is 1.85. The van der Waals surface area contributed by atoms with Crippen molar-refractivity contribution in [2.24, 2.45) is 0 Å². The fraction of sp³-hybridized carbons (Fsp3) is 0.0526. The molecule has 9 heteroatoms. The van der Waals surface area contributed by atoms with Crippen LogP contribution in [0.5, 0.6) is 0 Å². The quantitative estimate of drug-likeness (QED) is 0.640. The van der Waals surface area contributed by atoms with Gasteiger partial charge in [0, 0.05) is 18.3 Å². The van der Waals surface area contributed by atoms with Crippen LogP contribution in [0.4, 0.5) is 11.4 Å². The number of sulfonamides is 1. The number of carbonyl (C=O) groups is 1. The van der Waals surface area contributed by atoms with Gasteiger partial charge in [0.05, 0.1) is 33.1 Å². The molecule has 6 nitrogen and oxygen atoms in total. The Kier molecular flexibility index (Phi) is 5.88. The van der Waals surface area contributed by atoms with E-state index in [0.717, 1.165) is 4.31 Å². The molecular weight excluding hydrogens is 421 g/mol. The van der Waals surface area contributed by atoms with Gasteiger partial charge in [0.25, 0.3) is 15.9 Å². The molecule has 1 aromatic heterocycles. The second-order valence-corrected chi connectivity index (χ2v) is 8.60. The number of pyridine rings is 1. The molecule has 0 aliphatic rings. The summed E-state index contributed by atoms with van der Waals surface area (Å²) in [6.07, 6.45) is 3.10. The number of benzene rings is 2. The summed E-state index contributed by atoms with van der Waals surface area (Å²) < 4.78 is 26.6. The number of carbonyl (C=O) groups excluding carboxylic acids is 1. The summed E-state index contributed by atoms with van der Waals surface area (Å²) in [6.45, 7) is 0. The fourth-order valence-corrected chi connectivity index (χ4v) is 4.00. The number of halogens is 2. The molecule has 2 aromatic carbocycles. The van der Waals surface area contributed by atoms with Gasteiger partial charge in [0.1, 0.15) is 0 Å². The Morgan fingerprint density at radius 3 is 2.39 bits per heavy atom. The molecule has 0 atom stereocenters. The first-order valence-corrected chi connectivity index (χ1v) is 10.2. The first kappa shape index (κ1) is 20.1. The van der Waals surface area contributed by atoms with Crippen molar-refractivity contribution in [2.75, 3.05) is 16.7 Å². The summed E-state index contributed by atoms with van der Waals surface area (Å²) >= 11 is 12.1. The van der Waals surface area contributed by atoms with Crippen LogP contribution >= 0.6 is 23.2 Å². The maximum Gasteiger partial charge on any atom is 0.264 e. The highest BCUT2D eigenvalue weighted by atomic mass is 35.5. The van der Waals surface area contributed by atoms with Gasteiger partial charge in [-0.2, -0.15) is 0 Å². The average Bonchev–Trinajstić information content (AvgIpc) is 2.68. The zero-order valence-electron chi connectivity index (χ0n) is 14.6. The Morgan fingerprint density at radius 2 is 1.79 bits per heavy atom. The monoisotopic (exact) mass is 435 g/mol. The molecule has 144 valence electrons. The molecule has 3 rings (SSSR count). The largest absolute Gasteiger partial charge is 0.321 e. The summed E-state index contributed by atoms with van der Waals surface area (Å²) in [7, 11) is -2.39. The van der Waals surface area contributed by atoms with E-state index >= 15 is 0 Å². The molecular formula is C19H15Cl2N3O3S. The second-order valence-electron chi connectivity index (χ2n) is 5.79. The van der Waals surface area contributed by atoms with Crippen molar-refractivity contribution in [2.45, 2.75) is 4.90 Å². The third-order valence-corrected chi connectivity index (χ3v) is 6.32. The van der Waals surface area contributed by atoms with E-state index in [0.29, 0.717) is 16.4 Å². The molecule has 3 aromatic rings. The fourth-order valence-electron chi connectivity index (χ4n) is 2.42. The Labute approximate surface area is 172 Å². The Hall–Kier alpha value is -2.61. The number of hydrogen-bond acceptors (Lipinski definition) is 4. The molecule has 1 heterocycles. The van der Waals surface area contributed by atoms with Crippen molar-refractivity contribution in [1.82, 2.24) is 4.98 Å². The summed E-state index contributed by atoms with van der Waals surface area (Å²) in [4.78, 5) is 16.4. The Morgan fingerprint density at radius 1 is 1.07 bits per heavy atom. The van der Waals surface area contributed by atoms with Crippen molar-refractivity contribution in [1.29, 1.82) is 0 Å². The average molecular weight is 436 g/mol. The van der Waals surface area contributed by atoms with Gasteiger partial charge in [0.15, 0.2) is 0 Å². The van der Waals surface area contributed by atoms with Crippen molar-refractivity contribution >= 4 is 50.5 Å². The molecule has 0 aliphatic carbocycles. The van der Waals surface area contributed by atoms with Gasteiger partial charge >= 0.3 is 0 Å². The highest BCUT2D eigenvalue weighted by Crippen LogP contribution is 2.28. The number of anilines is 2. The lowest BCUT2D eigenvalue weighted by molar-refractivity contribution is 0.102. The van der Waals surface area contributed by atoms with Crippen LogP contribution in [0, 0.1) is 0 Å². The van der Waals surface area contributed by atoms with Crippen LogP contribution in [0.25, 0.3) is 0 Å². The van der Waals surface area contributed by atoms with E-state index in [-0.39, 0.29) is 15.5 Å². The molecule has 0 bridgehead atoms. The van der Waals surface area contributed by atoms with E-state index in [9.17, 15) is 13.2 Å². The maximum atomic E-state index is 12.8. The molecule has 28 heavy (non-hydrogen) atoms. The first-order valence-electron chi connectivity index (χ1n) is 8.04. The van der Waals surface area contributed by atoms with Gasteiger partial charge in [-0.25, -0.2) is 8.42 Å². The lowest BCUT2D eigenvalue weighted by Crippen LogP contribution is -2.26. The van der Waals surface area contributed by atoms with Crippen LogP contribution < -0.4 is 9.62 Å². The minimum atomic E-state index is -3.80. The number of amides is 1. The summed E-state index contributed by atoms with van der Waals surface area (Å²) in [5, 5.41) is 3.24. The third-order valence-electron chi connectivity index (χ3n) is 3.95. The SMILES string of the molecule is CN(c1ccc(C(=O)Nc2cccnc2)c(Cl)c1)S(=O)(=O)c1ccc(Cl)cc1. The summed E-state index contributed by atoms with van der Waals surface area (Å²) in [5.41, 5.74) is 1.06. The van der Waals surface area contributed by atoms with Crippen molar-refractivity contribution in [3.63, 3.8) is 0 Å². The van der Waals surface area contributed by atoms with E-state index in [4.69, 9.17) is 23.2 Å². The lowest BCUT2D eigenvalue weighted by atomic mass is 10.2. The minimum absolute atomic E-state index is 0.0916. The zero-order valence-corrected chi connectivity index (χ0v) is 17.0. The zero-order chi connectivity index (χ0) is 20.3. The topological polar surface area (TPSA) is 79.4 Å². The van der Waals surface area contributed by atoms with Crippen molar-refractivity contribution in [3.8, 4) is 0 Å². The number of aromatic nitrogens is 1. The highest BCUT2D eigenvalue weighted by Gasteiger charge is 2.22. The van der Waals surface area contributed by atoms with Crippen molar-refractivity contribution in [3.05, 3.63) is 82.6 Å².